The molecular weight excluding hydrogens is 222 g/mol. The van der Waals surface area contributed by atoms with Crippen LogP contribution in [0.2, 0.25) is 0 Å². The van der Waals surface area contributed by atoms with Gasteiger partial charge in [-0.25, -0.2) is 15.0 Å². The first-order chi connectivity index (χ1) is 8.18. The summed E-state index contributed by atoms with van der Waals surface area (Å²) in [5.74, 6) is -0.329. The number of nitrogens with two attached hydrogens (primary N) is 1. The van der Waals surface area contributed by atoms with Crippen molar-refractivity contribution < 1.29 is 14.3 Å². The highest BCUT2D eigenvalue weighted by Crippen LogP contribution is 2.19. The zero-order chi connectivity index (χ0) is 12.3. The van der Waals surface area contributed by atoms with E-state index in [4.69, 9.17) is 10.5 Å². The lowest BCUT2D eigenvalue weighted by Gasteiger charge is -2.17. The summed E-state index contributed by atoms with van der Waals surface area (Å²) >= 11 is 0. The van der Waals surface area contributed by atoms with Gasteiger partial charge in [0.25, 0.3) is 0 Å². The van der Waals surface area contributed by atoms with Gasteiger partial charge in [-0.2, -0.15) is 5.10 Å². The lowest BCUT2D eigenvalue weighted by molar-refractivity contribution is 0.0480. The third-order valence-corrected chi connectivity index (χ3v) is 2.40. The molecule has 0 fully saturated rings. The van der Waals surface area contributed by atoms with Crippen LogP contribution in [0.25, 0.3) is 0 Å². The Morgan fingerprint density at radius 2 is 2.35 bits per heavy atom. The molecule has 0 radical (unpaired) electrons. The van der Waals surface area contributed by atoms with Crippen LogP contribution in [0.3, 0.4) is 0 Å². The maximum absolute atomic E-state index is 11.5. The predicted molar refractivity (Wildman–Crippen MR) is 60.7 cm³/mol. The molecule has 6 heteroatoms. The topological polar surface area (TPSA) is 93.8 Å². The summed E-state index contributed by atoms with van der Waals surface area (Å²) in [6, 6.07) is 4.52. The number of rotatable bonds is 2. The molecule has 1 aromatic rings. The van der Waals surface area contributed by atoms with Gasteiger partial charge in [0.1, 0.15) is 0 Å². The van der Waals surface area contributed by atoms with E-state index in [0.29, 0.717) is 18.6 Å². The third kappa shape index (κ3) is 2.41. The minimum Gasteiger partial charge on any atom is -0.462 e. The lowest BCUT2D eigenvalue weighted by atomic mass is 9.97. The molecular formula is C11H11N3O3. The van der Waals surface area contributed by atoms with Gasteiger partial charge in [-0.1, -0.05) is 12.1 Å². The number of hydrogen-bond donors (Lipinski definition) is 2. The van der Waals surface area contributed by atoms with Gasteiger partial charge >= 0.3 is 12.0 Å². The van der Waals surface area contributed by atoms with E-state index in [9.17, 15) is 9.59 Å². The normalized spacial score (nSPS) is 14.2. The van der Waals surface area contributed by atoms with E-state index in [1.54, 1.807) is 12.1 Å². The number of primary amides is 1. The van der Waals surface area contributed by atoms with Crippen LogP contribution in [0.1, 0.15) is 21.5 Å². The third-order valence-electron chi connectivity index (χ3n) is 2.40. The highest BCUT2D eigenvalue weighted by Gasteiger charge is 2.19. The Balaban J connectivity index is 2.29. The van der Waals surface area contributed by atoms with Gasteiger partial charge in [-0.05, 0) is 17.2 Å². The summed E-state index contributed by atoms with van der Waals surface area (Å²) < 4.78 is 4.93. The van der Waals surface area contributed by atoms with Crippen LogP contribution in [0.15, 0.2) is 23.3 Å². The summed E-state index contributed by atoms with van der Waals surface area (Å²) in [6.07, 6.45) is 2.10. The van der Waals surface area contributed by atoms with Crippen molar-refractivity contribution in [2.75, 3.05) is 6.61 Å². The first-order valence-electron chi connectivity index (χ1n) is 5.06. The number of benzene rings is 1. The van der Waals surface area contributed by atoms with Crippen LogP contribution in [-0.4, -0.2) is 24.8 Å². The van der Waals surface area contributed by atoms with Crippen LogP contribution < -0.4 is 11.2 Å². The molecule has 2 rings (SSSR count). The Labute approximate surface area is 97.4 Å². The number of cyclic esters (lactones) is 1. The molecule has 0 saturated carbocycles. The van der Waals surface area contributed by atoms with Crippen LogP contribution in [-0.2, 0) is 11.2 Å². The molecule has 88 valence electrons. The molecule has 0 aliphatic carbocycles. The average molecular weight is 233 g/mol. The fourth-order valence-corrected chi connectivity index (χ4v) is 1.68. The van der Waals surface area contributed by atoms with Crippen LogP contribution in [0, 0.1) is 0 Å². The fraction of sp³-hybridized carbons (Fsp3) is 0.182. The largest absolute Gasteiger partial charge is 0.462 e. The van der Waals surface area contributed by atoms with Crippen molar-refractivity contribution in [1.82, 2.24) is 5.43 Å². The molecule has 0 saturated heterocycles. The van der Waals surface area contributed by atoms with Crippen molar-refractivity contribution >= 4 is 18.2 Å². The van der Waals surface area contributed by atoms with E-state index in [1.807, 2.05) is 6.07 Å². The Bertz CT molecular complexity index is 497. The van der Waals surface area contributed by atoms with Gasteiger partial charge in [-0.15, -0.1) is 0 Å². The first kappa shape index (κ1) is 11.1. The lowest BCUT2D eigenvalue weighted by Crippen LogP contribution is -2.24. The first-order valence-corrected chi connectivity index (χ1v) is 5.06. The maximum Gasteiger partial charge on any atom is 0.338 e. The van der Waals surface area contributed by atoms with Crippen molar-refractivity contribution in [2.45, 2.75) is 6.42 Å². The number of ether oxygens (including phenoxy) is 1. The smallest absolute Gasteiger partial charge is 0.338 e. The molecule has 0 unspecified atom stereocenters. The molecule has 3 N–H and O–H groups in total. The van der Waals surface area contributed by atoms with Crippen LogP contribution in [0.4, 0.5) is 4.79 Å². The van der Waals surface area contributed by atoms with Crippen molar-refractivity contribution in [2.24, 2.45) is 10.8 Å². The summed E-state index contributed by atoms with van der Waals surface area (Å²) in [6.45, 7) is 0.361. The number of esters is 1. The summed E-state index contributed by atoms with van der Waals surface area (Å²) in [5.41, 5.74) is 9.17. The number of carbonyl (C=O) groups excluding carboxylic acids is 2. The minimum absolute atomic E-state index is 0.329. The summed E-state index contributed by atoms with van der Waals surface area (Å²) in [5, 5.41) is 3.67. The molecule has 2 amide bonds. The Morgan fingerprint density at radius 1 is 1.53 bits per heavy atom. The van der Waals surface area contributed by atoms with Gasteiger partial charge in [0.05, 0.1) is 18.4 Å². The predicted octanol–water partition coefficient (Wildman–Crippen LogP) is 0.402. The number of urea groups is 1. The van der Waals surface area contributed by atoms with Crippen LogP contribution in [0.5, 0.6) is 0 Å². The highest BCUT2D eigenvalue weighted by molar-refractivity contribution is 5.96. The number of carbonyl (C=O) groups is 2. The molecule has 0 aromatic heterocycles. The molecule has 1 heterocycles. The molecule has 0 atom stereocenters. The number of amides is 2. The monoisotopic (exact) mass is 233 g/mol. The van der Waals surface area contributed by atoms with E-state index < -0.39 is 6.03 Å². The fourth-order valence-electron chi connectivity index (χ4n) is 1.68. The SMILES string of the molecule is NC(=O)N/N=C/c1cccc2c1CCOC2=O. The number of hydrogen-bond acceptors (Lipinski definition) is 4. The standard InChI is InChI=1S/C11H11N3O3/c12-11(16)14-13-6-7-2-1-3-9-8(7)4-5-17-10(9)15/h1-3,6H,4-5H2,(H3,12,14,16)/b13-6+. The summed E-state index contributed by atoms with van der Waals surface area (Å²) in [4.78, 5) is 21.9. The maximum atomic E-state index is 11.5. The molecule has 1 aromatic carbocycles. The van der Waals surface area contributed by atoms with Crippen molar-refractivity contribution in [3.8, 4) is 0 Å². The second-order valence-corrected chi connectivity index (χ2v) is 3.49. The Morgan fingerprint density at radius 3 is 3.12 bits per heavy atom. The minimum atomic E-state index is -0.731. The highest BCUT2D eigenvalue weighted by atomic mass is 16.5. The van der Waals surface area contributed by atoms with Gasteiger partial charge in [-0.3, -0.25) is 0 Å². The van der Waals surface area contributed by atoms with Gasteiger partial charge < -0.3 is 10.5 Å². The van der Waals surface area contributed by atoms with Gasteiger partial charge in [0.2, 0.25) is 0 Å². The molecule has 0 spiro atoms. The second kappa shape index (κ2) is 4.65. The van der Waals surface area contributed by atoms with Crippen molar-refractivity contribution in [3.63, 3.8) is 0 Å². The zero-order valence-electron chi connectivity index (χ0n) is 8.97. The molecule has 0 bridgehead atoms. The van der Waals surface area contributed by atoms with E-state index >= 15 is 0 Å². The number of hydrazone groups is 1. The molecule has 17 heavy (non-hydrogen) atoms. The van der Waals surface area contributed by atoms with Crippen molar-refractivity contribution in [3.05, 3.63) is 34.9 Å². The Hall–Kier alpha value is -2.37. The van der Waals surface area contributed by atoms with Crippen molar-refractivity contribution in [1.29, 1.82) is 0 Å². The van der Waals surface area contributed by atoms with E-state index in [0.717, 1.165) is 11.1 Å². The van der Waals surface area contributed by atoms with E-state index in [-0.39, 0.29) is 5.97 Å². The second-order valence-electron chi connectivity index (χ2n) is 3.49. The van der Waals surface area contributed by atoms with Gasteiger partial charge in [0, 0.05) is 6.42 Å². The quantitative estimate of drug-likeness (QED) is 0.440. The van der Waals surface area contributed by atoms with E-state index in [1.165, 1.54) is 6.21 Å². The summed E-state index contributed by atoms with van der Waals surface area (Å²) in [7, 11) is 0. The van der Waals surface area contributed by atoms with Crippen LogP contribution >= 0.6 is 0 Å². The number of fused-ring (bicyclic) bond motifs is 1. The Kier molecular flexibility index (Phi) is 3.04. The average Bonchev–Trinajstić information content (AvgIpc) is 2.30. The molecule has 6 nitrogen and oxygen atoms in total. The zero-order valence-corrected chi connectivity index (χ0v) is 8.97. The van der Waals surface area contributed by atoms with Gasteiger partial charge in [0.15, 0.2) is 0 Å². The molecule has 1 aliphatic heterocycles. The molecule has 1 aliphatic rings. The number of nitrogens with one attached hydrogen (secondary N) is 1. The van der Waals surface area contributed by atoms with E-state index in [2.05, 4.69) is 10.5 Å². The number of nitrogens with zero attached hydrogens (tertiary/aromatic N) is 1.